The molecule has 1 heterocycles. The van der Waals surface area contributed by atoms with Gasteiger partial charge in [0.2, 0.25) is 5.91 Å². The van der Waals surface area contributed by atoms with Crippen LogP contribution in [0, 0.1) is 12.8 Å². The largest absolute Gasteiger partial charge is 0.416 e. The zero-order valence-corrected chi connectivity index (χ0v) is 13.8. The Hall–Kier alpha value is -1.56. The molecule has 0 bridgehead atoms. The van der Waals surface area contributed by atoms with Crippen molar-refractivity contribution >= 4 is 5.91 Å². The molecular weight excluding hydrogens is 305 g/mol. The van der Waals surface area contributed by atoms with Crippen LogP contribution in [0.1, 0.15) is 30.0 Å². The summed E-state index contributed by atoms with van der Waals surface area (Å²) in [5, 5.41) is 0. The maximum Gasteiger partial charge on any atom is 0.416 e. The van der Waals surface area contributed by atoms with E-state index in [2.05, 4.69) is 4.90 Å². The van der Waals surface area contributed by atoms with Gasteiger partial charge in [-0.3, -0.25) is 4.79 Å². The normalized spacial score (nSPS) is 18.7. The number of hydrogen-bond donors (Lipinski definition) is 0. The van der Waals surface area contributed by atoms with Gasteiger partial charge in [0.25, 0.3) is 0 Å². The monoisotopic (exact) mass is 328 g/mol. The number of nitrogens with zero attached hydrogens (tertiary/aromatic N) is 2. The molecule has 1 aromatic carbocycles. The fraction of sp³-hybridized carbons (Fsp3) is 0.588. The van der Waals surface area contributed by atoms with E-state index in [-0.39, 0.29) is 5.91 Å². The van der Waals surface area contributed by atoms with Crippen molar-refractivity contribution in [3.8, 4) is 0 Å². The summed E-state index contributed by atoms with van der Waals surface area (Å²) in [4.78, 5) is 15.3. The van der Waals surface area contributed by atoms with Gasteiger partial charge in [0.1, 0.15) is 0 Å². The topological polar surface area (TPSA) is 23.6 Å². The molecule has 1 fully saturated rings. The predicted molar refractivity (Wildman–Crippen MR) is 82.9 cm³/mol. The lowest BCUT2D eigenvalue weighted by Gasteiger charge is -2.22. The van der Waals surface area contributed by atoms with Crippen LogP contribution in [0.25, 0.3) is 0 Å². The Labute approximate surface area is 135 Å². The van der Waals surface area contributed by atoms with Crippen molar-refractivity contribution in [3.63, 3.8) is 0 Å². The molecule has 23 heavy (non-hydrogen) atoms. The third-order valence-electron chi connectivity index (χ3n) is 4.41. The van der Waals surface area contributed by atoms with Crippen molar-refractivity contribution in [2.75, 3.05) is 26.7 Å². The van der Waals surface area contributed by atoms with Crippen LogP contribution in [0.3, 0.4) is 0 Å². The molecule has 0 aliphatic carbocycles. The fourth-order valence-corrected chi connectivity index (χ4v) is 3.11. The minimum atomic E-state index is -4.30. The maximum atomic E-state index is 12.7. The molecule has 1 aromatic rings. The van der Waals surface area contributed by atoms with Crippen molar-refractivity contribution < 1.29 is 18.0 Å². The fourth-order valence-electron chi connectivity index (χ4n) is 3.11. The van der Waals surface area contributed by atoms with Gasteiger partial charge < -0.3 is 9.80 Å². The number of likely N-dealkylation sites (tertiary alicyclic amines) is 1. The summed E-state index contributed by atoms with van der Waals surface area (Å²) in [6, 6.07) is 3.91. The molecule has 1 amide bonds. The van der Waals surface area contributed by atoms with Gasteiger partial charge in [-0.1, -0.05) is 6.07 Å². The lowest BCUT2D eigenvalue weighted by Crippen LogP contribution is -2.30. The smallest absolute Gasteiger partial charge is 0.343 e. The molecule has 0 saturated carbocycles. The van der Waals surface area contributed by atoms with Gasteiger partial charge in [-0.25, -0.2) is 0 Å². The highest BCUT2D eigenvalue weighted by atomic mass is 19.4. The van der Waals surface area contributed by atoms with E-state index in [0.717, 1.165) is 37.7 Å². The number of aryl methyl sites for hydroxylation is 1. The number of hydrogen-bond acceptors (Lipinski definition) is 2. The first kappa shape index (κ1) is 17.8. The maximum absolute atomic E-state index is 12.7. The Bertz CT molecular complexity index is 571. The quantitative estimate of drug-likeness (QED) is 0.846. The highest BCUT2D eigenvalue weighted by molar-refractivity contribution is 5.73. The van der Waals surface area contributed by atoms with Gasteiger partial charge in [-0.15, -0.1) is 0 Å². The zero-order valence-electron chi connectivity index (χ0n) is 13.8. The van der Waals surface area contributed by atoms with Crippen LogP contribution < -0.4 is 0 Å². The SMILES string of the molecule is CC(=O)N1CCC(CN(C)Cc2ccc(C(F)(F)F)cc2C)C1. The van der Waals surface area contributed by atoms with Gasteiger partial charge >= 0.3 is 6.18 Å². The Balaban J connectivity index is 1.93. The molecule has 3 nitrogen and oxygen atoms in total. The van der Waals surface area contributed by atoms with Gasteiger partial charge in [0, 0.05) is 33.1 Å². The Morgan fingerprint density at radius 3 is 2.61 bits per heavy atom. The molecule has 128 valence electrons. The third-order valence-corrected chi connectivity index (χ3v) is 4.41. The number of carbonyl (C=O) groups excluding carboxylic acids is 1. The number of amides is 1. The summed E-state index contributed by atoms with van der Waals surface area (Å²) in [5.74, 6) is 0.535. The number of halogens is 3. The summed E-state index contributed by atoms with van der Waals surface area (Å²) in [5.41, 5.74) is 0.958. The van der Waals surface area contributed by atoms with Crippen LogP contribution in [0.2, 0.25) is 0 Å². The van der Waals surface area contributed by atoms with E-state index < -0.39 is 11.7 Å². The first-order valence-electron chi connectivity index (χ1n) is 7.77. The van der Waals surface area contributed by atoms with Crippen LogP contribution in [0.5, 0.6) is 0 Å². The van der Waals surface area contributed by atoms with Gasteiger partial charge in [0.15, 0.2) is 0 Å². The van der Waals surface area contributed by atoms with E-state index in [0.29, 0.717) is 18.0 Å². The first-order valence-corrected chi connectivity index (χ1v) is 7.77. The molecule has 2 rings (SSSR count). The number of benzene rings is 1. The zero-order chi connectivity index (χ0) is 17.2. The highest BCUT2D eigenvalue weighted by Gasteiger charge is 2.30. The van der Waals surface area contributed by atoms with Crippen LogP contribution in [-0.2, 0) is 17.5 Å². The van der Waals surface area contributed by atoms with Crippen LogP contribution in [0.15, 0.2) is 18.2 Å². The number of rotatable bonds is 4. The number of alkyl halides is 3. The Morgan fingerprint density at radius 2 is 2.09 bits per heavy atom. The average Bonchev–Trinajstić information content (AvgIpc) is 2.88. The lowest BCUT2D eigenvalue weighted by atomic mass is 10.0. The predicted octanol–water partition coefficient (Wildman–Crippen LogP) is 3.31. The molecule has 1 aliphatic rings. The van der Waals surface area contributed by atoms with Crippen molar-refractivity contribution in [1.29, 1.82) is 0 Å². The molecule has 1 unspecified atom stereocenters. The van der Waals surface area contributed by atoms with Gasteiger partial charge in [0.05, 0.1) is 5.56 Å². The summed E-state index contributed by atoms with van der Waals surface area (Å²) < 4.78 is 38.1. The molecule has 6 heteroatoms. The lowest BCUT2D eigenvalue weighted by molar-refractivity contribution is -0.137. The van der Waals surface area contributed by atoms with Gasteiger partial charge in [-0.2, -0.15) is 13.2 Å². The summed E-state index contributed by atoms with van der Waals surface area (Å²) >= 11 is 0. The Morgan fingerprint density at radius 1 is 1.39 bits per heavy atom. The van der Waals surface area contributed by atoms with Crippen LogP contribution in [0.4, 0.5) is 13.2 Å². The first-order chi connectivity index (χ1) is 10.7. The van der Waals surface area contributed by atoms with E-state index in [1.807, 2.05) is 11.9 Å². The molecule has 1 aliphatic heterocycles. The van der Waals surface area contributed by atoms with Crippen molar-refractivity contribution in [2.45, 2.75) is 33.0 Å². The van der Waals surface area contributed by atoms with E-state index >= 15 is 0 Å². The van der Waals surface area contributed by atoms with E-state index in [9.17, 15) is 18.0 Å². The summed E-state index contributed by atoms with van der Waals surface area (Å²) in [7, 11) is 1.97. The molecule has 0 spiro atoms. The molecule has 1 atom stereocenters. The second kappa shape index (κ2) is 6.91. The second-order valence-electron chi connectivity index (χ2n) is 6.46. The van der Waals surface area contributed by atoms with E-state index in [4.69, 9.17) is 0 Å². The standard InChI is InChI=1S/C17H23F3N2O/c1-12-8-16(17(18,19)20)5-4-15(12)11-21(3)9-14-6-7-22(10-14)13(2)23/h4-5,8,14H,6-7,9-11H2,1-3H3. The minimum Gasteiger partial charge on any atom is -0.343 e. The molecule has 0 aromatic heterocycles. The van der Waals surface area contributed by atoms with E-state index in [1.54, 1.807) is 19.9 Å². The third kappa shape index (κ3) is 4.70. The summed E-state index contributed by atoms with van der Waals surface area (Å²) in [6.45, 7) is 6.31. The van der Waals surface area contributed by atoms with Crippen molar-refractivity contribution in [3.05, 3.63) is 34.9 Å². The van der Waals surface area contributed by atoms with E-state index in [1.165, 1.54) is 6.07 Å². The average molecular weight is 328 g/mol. The highest BCUT2D eigenvalue weighted by Crippen LogP contribution is 2.30. The Kier molecular flexibility index (Phi) is 5.34. The van der Waals surface area contributed by atoms with Crippen LogP contribution >= 0.6 is 0 Å². The van der Waals surface area contributed by atoms with Gasteiger partial charge in [-0.05, 0) is 49.6 Å². The number of carbonyl (C=O) groups is 1. The second-order valence-corrected chi connectivity index (χ2v) is 6.46. The van der Waals surface area contributed by atoms with Crippen molar-refractivity contribution in [2.24, 2.45) is 5.92 Å². The van der Waals surface area contributed by atoms with Crippen LogP contribution in [-0.4, -0.2) is 42.4 Å². The molecule has 0 radical (unpaired) electrons. The van der Waals surface area contributed by atoms with Crippen molar-refractivity contribution in [1.82, 2.24) is 9.80 Å². The molecule has 0 N–H and O–H groups in total. The summed E-state index contributed by atoms with van der Waals surface area (Å²) in [6.07, 6.45) is -3.31. The molecule has 1 saturated heterocycles. The molecular formula is C17H23F3N2O. The minimum absolute atomic E-state index is 0.105.